The van der Waals surface area contributed by atoms with Crippen LogP contribution in [0.15, 0.2) is 24.5 Å². The van der Waals surface area contributed by atoms with Crippen molar-refractivity contribution in [2.75, 3.05) is 13.6 Å². The van der Waals surface area contributed by atoms with Crippen molar-refractivity contribution in [2.45, 2.75) is 26.3 Å². The Morgan fingerprint density at radius 2 is 2.33 bits per heavy atom. The van der Waals surface area contributed by atoms with Gasteiger partial charge in [0.05, 0.1) is 0 Å². The van der Waals surface area contributed by atoms with Crippen molar-refractivity contribution < 1.29 is 4.79 Å². The van der Waals surface area contributed by atoms with Crippen molar-refractivity contribution in [3.8, 4) is 0 Å². The van der Waals surface area contributed by atoms with Crippen LogP contribution < -0.4 is 0 Å². The van der Waals surface area contributed by atoms with Crippen LogP contribution in [0.3, 0.4) is 0 Å². The highest BCUT2D eigenvalue weighted by molar-refractivity contribution is 5.75. The lowest BCUT2D eigenvalue weighted by atomic mass is 10.2. The minimum Gasteiger partial charge on any atom is -0.302 e. The lowest BCUT2D eigenvalue weighted by Gasteiger charge is -2.15. The first-order valence-electron chi connectivity index (χ1n) is 5.25. The Morgan fingerprint density at radius 1 is 1.53 bits per heavy atom. The van der Waals surface area contributed by atoms with Crippen molar-refractivity contribution in [1.29, 1.82) is 0 Å². The molecule has 1 rings (SSSR count). The number of pyridine rings is 1. The summed E-state index contributed by atoms with van der Waals surface area (Å²) in [5, 5.41) is 0. The molecule has 0 amide bonds. The van der Waals surface area contributed by atoms with E-state index in [1.165, 1.54) is 5.56 Å². The van der Waals surface area contributed by atoms with Gasteiger partial charge in [-0.3, -0.25) is 4.98 Å². The minimum atomic E-state index is 0.268. The second-order valence-corrected chi connectivity index (χ2v) is 3.90. The quantitative estimate of drug-likeness (QED) is 0.712. The van der Waals surface area contributed by atoms with Gasteiger partial charge in [0.15, 0.2) is 0 Å². The first-order valence-corrected chi connectivity index (χ1v) is 5.25. The molecule has 15 heavy (non-hydrogen) atoms. The van der Waals surface area contributed by atoms with E-state index in [0.29, 0.717) is 6.42 Å². The number of ketones is 1. The zero-order valence-corrected chi connectivity index (χ0v) is 9.44. The number of rotatable bonds is 6. The smallest absolute Gasteiger partial charge is 0.129 e. The molecule has 0 bridgehead atoms. The number of hydrogen-bond donors (Lipinski definition) is 0. The van der Waals surface area contributed by atoms with Gasteiger partial charge in [-0.25, -0.2) is 0 Å². The maximum Gasteiger partial charge on any atom is 0.129 e. The van der Waals surface area contributed by atoms with E-state index in [4.69, 9.17) is 0 Å². The van der Waals surface area contributed by atoms with Crippen LogP contribution in [-0.4, -0.2) is 29.3 Å². The van der Waals surface area contributed by atoms with Gasteiger partial charge in [-0.05, 0) is 38.6 Å². The molecule has 0 atom stereocenters. The van der Waals surface area contributed by atoms with E-state index in [0.717, 1.165) is 19.5 Å². The van der Waals surface area contributed by atoms with E-state index >= 15 is 0 Å². The first kappa shape index (κ1) is 11.9. The Bertz CT molecular complexity index is 298. The first-order chi connectivity index (χ1) is 7.18. The largest absolute Gasteiger partial charge is 0.302 e. The van der Waals surface area contributed by atoms with Gasteiger partial charge in [-0.15, -0.1) is 0 Å². The van der Waals surface area contributed by atoms with Gasteiger partial charge in [-0.2, -0.15) is 0 Å². The SMILES string of the molecule is CC(=O)CCCN(C)Cc1cccnc1. The van der Waals surface area contributed by atoms with Gasteiger partial charge >= 0.3 is 0 Å². The van der Waals surface area contributed by atoms with Crippen LogP contribution in [0.1, 0.15) is 25.3 Å². The molecule has 0 aromatic carbocycles. The molecule has 0 unspecified atom stereocenters. The molecule has 0 fully saturated rings. The third-order valence-corrected chi connectivity index (χ3v) is 2.24. The fraction of sp³-hybridized carbons (Fsp3) is 0.500. The highest BCUT2D eigenvalue weighted by Gasteiger charge is 2.00. The van der Waals surface area contributed by atoms with Crippen molar-refractivity contribution in [1.82, 2.24) is 9.88 Å². The number of Topliss-reactive ketones (excluding diaryl/α,β-unsaturated/α-hetero) is 1. The molecule has 3 heteroatoms. The van der Waals surface area contributed by atoms with Gasteiger partial charge in [-0.1, -0.05) is 6.07 Å². The van der Waals surface area contributed by atoms with E-state index in [1.54, 1.807) is 13.1 Å². The fourth-order valence-electron chi connectivity index (χ4n) is 1.48. The summed E-state index contributed by atoms with van der Waals surface area (Å²) in [5.41, 5.74) is 1.21. The van der Waals surface area contributed by atoms with Crippen LogP contribution in [0.5, 0.6) is 0 Å². The van der Waals surface area contributed by atoms with Crippen LogP contribution in [0.2, 0.25) is 0 Å². The molecule has 3 nitrogen and oxygen atoms in total. The second kappa shape index (κ2) is 6.30. The van der Waals surface area contributed by atoms with Crippen LogP contribution >= 0.6 is 0 Å². The monoisotopic (exact) mass is 206 g/mol. The van der Waals surface area contributed by atoms with Gasteiger partial charge in [0.2, 0.25) is 0 Å². The molecule has 0 spiro atoms. The zero-order valence-electron chi connectivity index (χ0n) is 9.44. The fourth-order valence-corrected chi connectivity index (χ4v) is 1.48. The Labute approximate surface area is 91.1 Å². The summed E-state index contributed by atoms with van der Waals surface area (Å²) < 4.78 is 0. The predicted octanol–water partition coefficient (Wildman–Crippen LogP) is 1.88. The van der Waals surface area contributed by atoms with E-state index in [1.807, 2.05) is 12.3 Å². The Balaban J connectivity index is 2.24. The molecule has 0 saturated heterocycles. The lowest BCUT2D eigenvalue weighted by molar-refractivity contribution is -0.117. The van der Waals surface area contributed by atoms with Gasteiger partial charge < -0.3 is 9.69 Å². The normalized spacial score (nSPS) is 10.6. The Hall–Kier alpha value is -1.22. The third-order valence-electron chi connectivity index (χ3n) is 2.24. The van der Waals surface area contributed by atoms with Crippen molar-refractivity contribution in [2.24, 2.45) is 0 Å². The van der Waals surface area contributed by atoms with Crippen LogP contribution in [0.25, 0.3) is 0 Å². The van der Waals surface area contributed by atoms with E-state index in [9.17, 15) is 4.79 Å². The molecular formula is C12H18N2O. The Kier molecular flexibility index (Phi) is 4.98. The molecule has 0 N–H and O–H groups in total. The summed E-state index contributed by atoms with van der Waals surface area (Å²) in [4.78, 5) is 17.0. The standard InChI is InChI=1S/C12H18N2O/c1-11(15)5-4-8-14(2)10-12-6-3-7-13-9-12/h3,6-7,9H,4-5,8,10H2,1-2H3. The van der Waals surface area contributed by atoms with Crippen molar-refractivity contribution in [3.05, 3.63) is 30.1 Å². The van der Waals surface area contributed by atoms with Crippen molar-refractivity contribution >= 4 is 5.78 Å². The number of nitrogens with zero attached hydrogens (tertiary/aromatic N) is 2. The summed E-state index contributed by atoms with van der Waals surface area (Å²) in [6.45, 7) is 3.49. The topological polar surface area (TPSA) is 33.2 Å². The molecule has 0 aliphatic heterocycles. The van der Waals surface area contributed by atoms with Crippen LogP contribution in [0.4, 0.5) is 0 Å². The summed E-state index contributed by atoms with van der Waals surface area (Å²) in [5.74, 6) is 0.268. The summed E-state index contributed by atoms with van der Waals surface area (Å²) in [6, 6.07) is 4.01. The third kappa shape index (κ3) is 5.27. The summed E-state index contributed by atoms with van der Waals surface area (Å²) >= 11 is 0. The maximum absolute atomic E-state index is 10.8. The lowest BCUT2D eigenvalue weighted by Crippen LogP contribution is -2.19. The number of carbonyl (C=O) groups is 1. The molecule has 1 heterocycles. The van der Waals surface area contributed by atoms with Gasteiger partial charge in [0.25, 0.3) is 0 Å². The number of aromatic nitrogens is 1. The molecule has 0 aliphatic carbocycles. The molecule has 0 aliphatic rings. The molecule has 82 valence electrons. The highest BCUT2D eigenvalue weighted by Crippen LogP contribution is 2.02. The number of carbonyl (C=O) groups excluding carboxylic acids is 1. The maximum atomic E-state index is 10.8. The predicted molar refractivity (Wildman–Crippen MR) is 60.5 cm³/mol. The highest BCUT2D eigenvalue weighted by atomic mass is 16.1. The van der Waals surface area contributed by atoms with Gasteiger partial charge in [0.1, 0.15) is 5.78 Å². The van der Waals surface area contributed by atoms with E-state index in [-0.39, 0.29) is 5.78 Å². The molecule has 1 aromatic heterocycles. The minimum absolute atomic E-state index is 0.268. The Morgan fingerprint density at radius 3 is 2.93 bits per heavy atom. The van der Waals surface area contributed by atoms with E-state index < -0.39 is 0 Å². The van der Waals surface area contributed by atoms with Crippen LogP contribution in [-0.2, 0) is 11.3 Å². The molecule has 0 saturated carbocycles. The zero-order chi connectivity index (χ0) is 11.1. The summed E-state index contributed by atoms with van der Waals surface area (Å²) in [7, 11) is 2.06. The average molecular weight is 206 g/mol. The molecule has 1 aromatic rings. The molecular weight excluding hydrogens is 188 g/mol. The second-order valence-electron chi connectivity index (χ2n) is 3.90. The van der Waals surface area contributed by atoms with Gasteiger partial charge in [0, 0.05) is 25.4 Å². The van der Waals surface area contributed by atoms with E-state index in [2.05, 4.69) is 23.0 Å². The molecule has 0 radical (unpaired) electrons. The van der Waals surface area contributed by atoms with Crippen LogP contribution in [0, 0.1) is 0 Å². The summed E-state index contributed by atoms with van der Waals surface area (Å²) in [6.07, 6.45) is 5.27. The number of hydrogen-bond acceptors (Lipinski definition) is 3. The average Bonchev–Trinajstić information content (AvgIpc) is 2.18. The van der Waals surface area contributed by atoms with Crippen molar-refractivity contribution in [3.63, 3.8) is 0 Å².